The summed E-state index contributed by atoms with van der Waals surface area (Å²) < 4.78 is 4.72. The second-order valence-corrected chi connectivity index (χ2v) is 3.29. The van der Waals surface area contributed by atoms with Gasteiger partial charge in [0.1, 0.15) is 6.26 Å². The molecule has 0 atom stereocenters. The Hall–Kier alpha value is -1.75. The van der Waals surface area contributed by atoms with Crippen molar-refractivity contribution in [3.63, 3.8) is 0 Å². The van der Waals surface area contributed by atoms with Gasteiger partial charge in [0.2, 0.25) is 0 Å². The van der Waals surface area contributed by atoms with Gasteiger partial charge in [0.05, 0.1) is 17.6 Å². The molecule has 2 rings (SSSR count). The van der Waals surface area contributed by atoms with E-state index in [9.17, 15) is 0 Å². The molecule has 0 amide bonds. The molecule has 2 heterocycles. The highest BCUT2D eigenvalue weighted by molar-refractivity contribution is 5.02. The number of aromatic nitrogens is 3. The van der Waals surface area contributed by atoms with Crippen molar-refractivity contribution in [2.45, 2.75) is 20.0 Å². The summed E-state index contributed by atoms with van der Waals surface area (Å²) in [5, 5.41) is 6.84. The largest absolute Gasteiger partial charge is 0.364 e. The molecule has 2 aromatic rings. The third-order valence-corrected chi connectivity index (χ3v) is 1.95. The van der Waals surface area contributed by atoms with Gasteiger partial charge in [-0.3, -0.25) is 9.97 Å². The molecule has 0 aliphatic carbocycles. The first-order chi connectivity index (χ1) is 7.34. The van der Waals surface area contributed by atoms with Crippen molar-refractivity contribution in [2.24, 2.45) is 0 Å². The van der Waals surface area contributed by atoms with E-state index in [0.29, 0.717) is 6.54 Å². The van der Waals surface area contributed by atoms with E-state index in [2.05, 4.69) is 20.4 Å². The maximum Gasteiger partial charge on any atom is 0.128 e. The van der Waals surface area contributed by atoms with Crippen LogP contribution in [-0.4, -0.2) is 15.1 Å². The summed E-state index contributed by atoms with van der Waals surface area (Å²) in [5.74, 6) is 0. The van der Waals surface area contributed by atoms with Crippen LogP contribution in [-0.2, 0) is 13.1 Å². The van der Waals surface area contributed by atoms with E-state index in [-0.39, 0.29) is 0 Å². The molecule has 5 heteroatoms. The molecule has 0 aromatic carbocycles. The molecule has 0 fully saturated rings. The van der Waals surface area contributed by atoms with Crippen LogP contribution >= 0.6 is 0 Å². The quantitative estimate of drug-likeness (QED) is 0.806. The lowest BCUT2D eigenvalue weighted by Gasteiger charge is -2.01. The number of aryl methyl sites for hydroxylation is 1. The van der Waals surface area contributed by atoms with E-state index in [0.717, 1.165) is 23.5 Å². The van der Waals surface area contributed by atoms with Crippen molar-refractivity contribution in [1.29, 1.82) is 0 Å². The second-order valence-electron chi connectivity index (χ2n) is 3.29. The molecular weight excluding hydrogens is 192 g/mol. The summed E-state index contributed by atoms with van der Waals surface area (Å²) in [6.45, 7) is 3.33. The first-order valence-electron chi connectivity index (χ1n) is 4.71. The third-order valence-electron chi connectivity index (χ3n) is 1.95. The van der Waals surface area contributed by atoms with Crippen LogP contribution in [0.15, 0.2) is 29.4 Å². The van der Waals surface area contributed by atoms with E-state index in [1.807, 2.05) is 6.92 Å². The fourth-order valence-electron chi connectivity index (χ4n) is 1.16. The van der Waals surface area contributed by atoms with Gasteiger partial charge in [0, 0.05) is 31.0 Å². The molecule has 0 unspecified atom stereocenters. The highest BCUT2D eigenvalue weighted by Gasteiger charge is 1.97. The van der Waals surface area contributed by atoms with Crippen molar-refractivity contribution in [2.75, 3.05) is 0 Å². The molecule has 0 bridgehead atoms. The van der Waals surface area contributed by atoms with Gasteiger partial charge < -0.3 is 9.84 Å². The number of rotatable bonds is 4. The Labute approximate surface area is 87.5 Å². The first-order valence-corrected chi connectivity index (χ1v) is 4.71. The number of nitrogens with one attached hydrogen (secondary N) is 1. The molecule has 2 aromatic heterocycles. The summed E-state index contributed by atoms with van der Waals surface area (Å²) in [6, 6.07) is 0. The average molecular weight is 204 g/mol. The Bertz CT molecular complexity index is 396. The molecule has 0 aliphatic rings. The Balaban J connectivity index is 1.81. The predicted molar refractivity (Wildman–Crippen MR) is 53.8 cm³/mol. The minimum Gasteiger partial charge on any atom is -0.364 e. The molecule has 0 spiro atoms. The van der Waals surface area contributed by atoms with Crippen LogP contribution in [0.2, 0.25) is 0 Å². The zero-order valence-electron chi connectivity index (χ0n) is 8.47. The summed E-state index contributed by atoms with van der Waals surface area (Å²) >= 11 is 0. The zero-order valence-corrected chi connectivity index (χ0v) is 8.47. The molecule has 0 radical (unpaired) electrons. The smallest absolute Gasteiger partial charge is 0.128 e. The van der Waals surface area contributed by atoms with E-state index in [4.69, 9.17) is 4.52 Å². The number of nitrogens with zero attached hydrogens (tertiary/aromatic N) is 3. The highest BCUT2D eigenvalue weighted by atomic mass is 16.5. The van der Waals surface area contributed by atoms with Crippen molar-refractivity contribution >= 4 is 0 Å². The standard InChI is InChI=1S/C10H12N4O/c1-8-2-13-10(6-12-8)5-11-3-9-4-14-15-7-9/h2,4,6-7,11H,3,5H2,1H3. The Morgan fingerprint density at radius 3 is 2.80 bits per heavy atom. The monoisotopic (exact) mass is 204 g/mol. The van der Waals surface area contributed by atoms with E-state index < -0.39 is 0 Å². The summed E-state index contributed by atoms with van der Waals surface area (Å²) in [7, 11) is 0. The fraction of sp³-hybridized carbons (Fsp3) is 0.300. The second kappa shape index (κ2) is 4.65. The number of hydrogen-bond donors (Lipinski definition) is 1. The average Bonchev–Trinajstić information content (AvgIpc) is 2.74. The van der Waals surface area contributed by atoms with Crippen molar-refractivity contribution in [3.05, 3.63) is 41.8 Å². The molecular formula is C10H12N4O. The summed E-state index contributed by atoms with van der Waals surface area (Å²) in [4.78, 5) is 8.39. The van der Waals surface area contributed by atoms with Crippen LogP contribution in [0.4, 0.5) is 0 Å². The van der Waals surface area contributed by atoms with Crippen molar-refractivity contribution in [3.8, 4) is 0 Å². The van der Waals surface area contributed by atoms with E-state index in [1.54, 1.807) is 24.9 Å². The van der Waals surface area contributed by atoms with E-state index >= 15 is 0 Å². The lowest BCUT2D eigenvalue weighted by molar-refractivity contribution is 0.418. The van der Waals surface area contributed by atoms with Gasteiger partial charge in [-0.05, 0) is 6.92 Å². The first kappa shape index (κ1) is 9.79. The molecule has 15 heavy (non-hydrogen) atoms. The molecule has 0 saturated heterocycles. The zero-order chi connectivity index (χ0) is 10.5. The van der Waals surface area contributed by atoms with Crippen LogP contribution in [0.1, 0.15) is 17.0 Å². The Morgan fingerprint density at radius 1 is 1.20 bits per heavy atom. The topological polar surface area (TPSA) is 63.8 Å². The fourth-order valence-corrected chi connectivity index (χ4v) is 1.16. The molecule has 0 aliphatic heterocycles. The van der Waals surface area contributed by atoms with Gasteiger partial charge >= 0.3 is 0 Å². The minimum atomic E-state index is 0.693. The van der Waals surface area contributed by atoms with Gasteiger partial charge in [0.25, 0.3) is 0 Å². The Morgan fingerprint density at radius 2 is 2.13 bits per heavy atom. The molecule has 78 valence electrons. The SMILES string of the molecule is Cc1cnc(CNCc2cnoc2)cn1. The summed E-state index contributed by atoms with van der Waals surface area (Å²) in [5.41, 5.74) is 2.88. The molecule has 5 nitrogen and oxygen atoms in total. The summed E-state index contributed by atoms with van der Waals surface area (Å²) in [6.07, 6.45) is 6.84. The van der Waals surface area contributed by atoms with Crippen molar-refractivity contribution < 1.29 is 4.52 Å². The van der Waals surface area contributed by atoms with Crippen molar-refractivity contribution in [1.82, 2.24) is 20.4 Å². The van der Waals surface area contributed by atoms with Crippen LogP contribution in [0.5, 0.6) is 0 Å². The van der Waals surface area contributed by atoms with Crippen LogP contribution in [0.25, 0.3) is 0 Å². The predicted octanol–water partition coefficient (Wildman–Crippen LogP) is 1.06. The normalized spacial score (nSPS) is 10.5. The van der Waals surface area contributed by atoms with Crippen LogP contribution in [0, 0.1) is 6.92 Å². The van der Waals surface area contributed by atoms with Gasteiger partial charge in [0.15, 0.2) is 0 Å². The number of hydrogen-bond acceptors (Lipinski definition) is 5. The lowest BCUT2D eigenvalue weighted by Crippen LogP contribution is -2.13. The Kier molecular flexibility index (Phi) is 3.04. The minimum absolute atomic E-state index is 0.693. The van der Waals surface area contributed by atoms with Gasteiger partial charge in [-0.25, -0.2) is 0 Å². The maximum absolute atomic E-state index is 4.72. The lowest BCUT2D eigenvalue weighted by atomic mass is 10.3. The van der Waals surface area contributed by atoms with Crippen LogP contribution in [0.3, 0.4) is 0 Å². The van der Waals surface area contributed by atoms with Crippen LogP contribution < -0.4 is 5.32 Å². The molecule has 1 N–H and O–H groups in total. The van der Waals surface area contributed by atoms with Gasteiger partial charge in [-0.1, -0.05) is 5.16 Å². The van der Waals surface area contributed by atoms with Gasteiger partial charge in [-0.15, -0.1) is 0 Å². The van der Waals surface area contributed by atoms with Gasteiger partial charge in [-0.2, -0.15) is 0 Å². The maximum atomic E-state index is 4.72. The highest BCUT2D eigenvalue weighted by Crippen LogP contribution is 1.97. The third kappa shape index (κ3) is 2.85. The molecule has 0 saturated carbocycles. The van der Waals surface area contributed by atoms with E-state index in [1.165, 1.54) is 0 Å².